The summed E-state index contributed by atoms with van der Waals surface area (Å²) in [4.78, 5) is 15.4. The van der Waals surface area contributed by atoms with Crippen molar-refractivity contribution in [3.8, 4) is 22.5 Å². The van der Waals surface area contributed by atoms with Gasteiger partial charge in [0.15, 0.2) is 5.65 Å². The Morgan fingerprint density at radius 3 is 2.47 bits per heavy atom. The van der Waals surface area contributed by atoms with Crippen molar-refractivity contribution in [1.29, 1.82) is 0 Å². The van der Waals surface area contributed by atoms with Gasteiger partial charge in [-0.25, -0.2) is 27.3 Å². The van der Waals surface area contributed by atoms with Crippen LogP contribution in [-0.4, -0.2) is 63.1 Å². The van der Waals surface area contributed by atoms with Gasteiger partial charge in [0.25, 0.3) is 10.0 Å². The van der Waals surface area contributed by atoms with Crippen LogP contribution in [0.5, 0.6) is 0 Å². The van der Waals surface area contributed by atoms with Crippen LogP contribution in [0.1, 0.15) is 36.3 Å². The summed E-state index contributed by atoms with van der Waals surface area (Å²) >= 11 is 0. The molecule has 0 spiro atoms. The molecule has 8 rings (SSSR count). The summed E-state index contributed by atoms with van der Waals surface area (Å²) in [6.45, 7) is 6.18. The van der Waals surface area contributed by atoms with Crippen molar-refractivity contribution < 1.29 is 26.1 Å². The Kier molecular flexibility index (Phi) is 7.15. The van der Waals surface area contributed by atoms with Crippen molar-refractivity contribution in [1.82, 2.24) is 29.0 Å². The molecule has 3 saturated heterocycles. The first kappa shape index (κ1) is 29.4. The molecule has 7 heterocycles. The first-order valence-electron chi connectivity index (χ1n) is 14.7. The molecule has 4 aromatic heterocycles. The lowest BCUT2D eigenvalue weighted by Gasteiger charge is -2.26. The normalized spacial score (nSPS) is 20.4. The molecule has 0 aliphatic carbocycles. The molecule has 1 N–H and O–H groups in total. The fourth-order valence-corrected chi connectivity index (χ4v) is 7.82. The smallest absolute Gasteiger partial charge is 0.361 e. The molecule has 0 radical (unpaired) electrons. The number of hydrogen-bond donors (Lipinski definition) is 1. The highest BCUT2D eigenvalue weighted by molar-refractivity contribution is 7.90. The highest BCUT2D eigenvalue weighted by Crippen LogP contribution is 2.41. The maximum absolute atomic E-state index is 14.5. The Hall–Kier alpha value is -4.30. The van der Waals surface area contributed by atoms with Crippen LogP contribution in [0.4, 0.5) is 19.1 Å². The first-order chi connectivity index (χ1) is 21.5. The van der Waals surface area contributed by atoms with Gasteiger partial charge in [0.2, 0.25) is 5.95 Å². The molecule has 0 unspecified atom stereocenters. The molecule has 3 aliphatic heterocycles. The van der Waals surface area contributed by atoms with Gasteiger partial charge in [-0.1, -0.05) is 23.4 Å². The zero-order valence-corrected chi connectivity index (χ0v) is 25.4. The Bertz CT molecular complexity index is 1970. The molecule has 14 heteroatoms. The number of alkyl halides is 3. The molecule has 0 amide bonds. The van der Waals surface area contributed by atoms with Crippen molar-refractivity contribution in [3.63, 3.8) is 0 Å². The van der Waals surface area contributed by atoms with E-state index in [2.05, 4.69) is 30.3 Å². The molecule has 3 aliphatic rings. The van der Waals surface area contributed by atoms with Crippen molar-refractivity contribution in [3.05, 3.63) is 71.9 Å². The molecule has 0 saturated carbocycles. The Labute approximate surface area is 257 Å². The van der Waals surface area contributed by atoms with Gasteiger partial charge in [0.05, 0.1) is 27.5 Å². The van der Waals surface area contributed by atoms with Crippen molar-refractivity contribution in [2.75, 3.05) is 25.0 Å². The van der Waals surface area contributed by atoms with Gasteiger partial charge >= 0.3 is 6.18 Å². The van der Waals surface area contributed by atoms with Gasteiger partial charge in [-0.2, -0.15) is 13.2 Å². The average molecular weight is 638 g/mol. The number of fused-ring (bicyclic) bond motifs is 5. The minimum Gasteiger partial charge on any atom is -0.361 e. The second kappa shape index (κ2) is 10.9. The average Bonchev–Trinajstić information content (AvgIpc) is 3.42. The maximum Gasteiger partial charge on any atom is 0.419 e. The Balaban J connectivity index is 1.41. The fourth-order valence-electron chi connectivity index (χ4n) is 6.48. The van der Waals surface area contributed by atoms with Gasteiger partial charge < -0.3 is 14.7 Å². The van der Waals surface area contributed by atoms with Crippen molar-refractivity contribution in [2.24, 2.45) is 5.92 Å². The lowest BCUT2D eigenvalue weighted by molar-refractivity contribution is -0.137. The van der Waals surface area contributed by atoms with E-state index < -0.39 is 27.5 Å². The number of rotatable bonds is 6. The van der Waals surface area contributed by atoms with Crippen LogP contribution in [0.2, 0.25) is 0 Å². The number of benzene rings is 1. The molecule has 1 atom stereocenters. The highest BCUT2D eigenvalue weighted by Gasteiger charge is 2.38. The predicted octanol–water partition coefficient (Wildman–Crippen LogP) is 5.92. The van der Waals surface area contributed by atoms with E-state index in [1.165, 1.54) is 12.1 Å². The van der Waals surface area contributed by atoms with E-state index in [0.717, 1.165) is 55.3 Å². The summed E-state index contributed by atoms with van der Waals surface area (Å²) in [5, 5.41) is 7.42. The van der Waals surface area contributed by atoms with Crippen LogP contribution in [-0.2, 0) is 16.2 Å². The number of hydrogen-bond acceptors (Lipinski definition) is 9. The summed E-state index contributed by atoms with van der Waals surface area (Å²) in [5.41, 5.74) is -0.129. The van der Waals surface area contributed by atoms with Crippen molar-refractivity contribution >= 4 is 27.0 Å². The lowest BCUT2D eigenvalue weighted by atomic mass is 9.94. The Morgan fingerprint density at radius 2 is 1.78 bits per heavy atom. The van der Waals surface area contributed by atoms with Gasteiger partial charge in [-0.05, 0) is 76.4 Å². The number of pyridine rings is 1. The second-order valence-corrected chi connectivity index (χ2v) is 13.5. The van der Waals surface area contributed by atoms with E-state index in [9.17, 15) is 21.6 Å². The number of piperidine rings is 1. The van der Waals surface area contributed by atoms with E-state index in [4.69, 9.17) is 4.52 Å². The number of nitrogens with zero attached hydrogens (tertiary/aromatic N) is 6. The topological polar surface area (TPSA) is 119 Å². The molecule has 3 fully saturated rings. The number of anilines is 1. The molecule has 2 bridgehead atoms. The molecular weight excluding hydrogens is 607 g/mol. The SMILES string of the molecule is Cc1noc(C)c1-c1ccc2c(-c3nc(N[C@@H]4CC5CCN(CC5)C4)ncc3C(F)(F)F)cn(S(=O)(=O)c3ccccc3)c2n1. The van der Waals surface area contributed by atoms with Gasteiger partial charge in [0, 0.05) is 35.9 Å². The molecule has 1 aromatic carbocycles. The lowest BCUT2D eigenvalue weighted by Crippen LogP contribution is -2.35. The minimum absolute atomic E-state index is 0.0244. The van der Waals surface area contributed by atoms with Crippen molar-refractivity contribution in [2.45, 2.75) is 50.2 Å². The van der Waals surface area contributed by atoms with Gasteiger partial charge in [-0.15, -0.1) is 0 Å². The standard InChI is InChI=1S/C31H30F3N7O3S/c1-18-27(19(2)44-39-18)26-9-8-23-24(17-41(29(23)37-26)45(42,43)22-6-4-3-5-7-22)28-25(31(32,33)34)15-35-30(38-28)36-21-14-20-10-12-40(16-21)13-11-20/h3-9,15,17,20-21H,10-14,16H2,1-2H3,(H,35,36,38)/t21-/m1/s1. The summed E-state index contributed by atoms with van der Waals surface area (Å²) in [7, 11) is -4.28. The van der Waals surface area contributed by atoms with Crippen LogP contribution in [0.15, 0.2) is 64.3 Å². The van der Waals surface area contributed by atoms with Crippen LogP contribution >= 0.6 is 0 Å². The monoisotopic (exact) mass is 637 g/mol. The summed E-state index contributed by atoms with van der Waals surface area (Å²) in [5.74, 6) is 1.06. The number of halogens is 3. The van der Waals surface area contributed by atoms with E-state index in [-0.39, 0.29) is 33.5 Å². The summed E-state index contributed by atoms with van der Waals surface area (Å²) in [6, 6.07) is 10.8. The largest absolute Gasteiger partial charge is 0.419 e. The molecule has 10 nitrogen and oxygen atoms in total. The maximum atomic E-state index is 14.5. The molecule has 234 valence electrons. The van der Waals surface area contributed by atoms with Gasteiger partial charge in [0.1, 0.15) is 11.3 Å². The minimum atomic E-state index is -4.81. The first-order valence-corrected chi connectivity index (χ1v) is 16.1. The molecular formula is C31H30F3N7O3S. The third-order valence-electron chi connectivity index (χ3n) is 8.70. The van der Waals surface area contributed by atoms with Crippen LogP contribution in [0, 0.1) is 19.8 Å². The summed E-state index contributed by atoms with van der Waals surface area (Å²) < 4.78 is 77.5. The molecule has 5 aromatic rings. The highest BCUT2D eigenvalue weighted by atomic mass is 32.2. The van der Waals surface area contributed by atoms with Crippen LogP contribution in [0.25, 0.3) is 33.5 Å². The molecule has 45 heavy (non-hydrogen) atoms. The number of nitrogens with one attached hydrogen (secondary N) is 1. The van der Waals surface area contributed by atoms with Crippen LogP contribution < -0.4 is 5.32 Å². The fraction of sp³-hybridized carbons (Fsp3) is 0.355. The predicted molar refractivity (Wildman–Crippen MR) is 161 cm³/mol. The van der Waals surface area contributed by atoms with E-state index in [1.807, 2.05) is 0 Å². The van der Waals surface area contributed by atoms with E-state index in [1.54, 1.807) is 44.2 Å². The summed E-state index contributed by atoms with van der Waals surface area (Å²) in [6.07, 6.45) is 0.176. The van der Waals surface area contributed by atoms with E-state index in [0.29, 0.717) is 28.6 Å². The third kappa shape index (κ3) is 5.35. The zero-order valence-electron chi connectivity index (χ0n) is 24.5. The number of aromatic nitrogens is 5. The van der Waals surface area contributed by atoms with Gasteiger partial charge in [-0.3, -0.25) is 0 Å². The second-order valence-electron chi connectivity index (χ2n) is 11.7. The zero-order chi connectivity index (χ0) is 31.5. The Morgan fingerprint density at radius 1 is 1.02 bits per heavy atom. The van der Waals surface area contributed by atoms with Crippen LogP contribution in [0.3, 0.4) is 0 Å². The van der Waals surface area contributed by atoms with E-state index >= 15 is 0 Å². The quantitative estimate of drug-likeness (QED) is 0.242. The third-order valence-corrected chi connectivity index (χ3v) is 10.4. The number of aryl methyl sites for hydroxylation is 2.